The van der Waals surface area contributed by atoms with Gasteiger partial charge >= 0.3 is 0 Å². The molecule has 0 radical (unpaired) electrons. The predicted octanol–water partition coefficient (Wildman–Crippen LogP) is 2.27. The number of rotatable bonds is 3. The number of benzene rings is 2. The number of nitrogens with zero attached hydrogens (tertiary/aromatic N) is 2. The Kier molecular flexibility index (Phi) is 4.29. The third kappa shape index (κ3) is 3.25. The minimum absolute atomic E-state index is 0.157. The van der Waals surface area contributed by atoms with Crippen LogP contribution in [0.1, 0.15) is 11.1 Å². The van der Waals surface area contributed by atoms with Gasteiger partial charge < -0.3 is 0 Å². The average Bonchev–Trinajstić information content (AvgIpc) is 2.85. The zero-order chi connectivity index (χ0) is 18.1. The van der Waals surface area contributed by atoms with E-state index in [1.54, 1.807) is 6.08 Å². The van der Waals surface area contributed by atoms with E-state index < -0.39 is 4.92 Å². The average molecular weight is 356 g/mol. The van der Waals surface area contributed by atoms with Crippen LogP contribution in [0.2, 0.25) is 5.02 Å². The van der Waals surface area contributed by atoms with Crippen LogP contribution in [0.15, 0.2) is 47.3 Å². The molecule has 1 aromatic heterocycles. The van der Waals surface area contributed by atoms with Crippen LogP contribution >= 0.6 is 11.6 Å². The summed E-state index contributed by atoms with van der Waals surface area (Å²) in [6.45, 7) is 5.82. The van der Waals surface area contributed by atoms with E-state index in [0.29, 0.717) is 10.6 Å². The summed E-state index contributed by atoms with van der Waals surface area (Å²) in [5.41, 5.74) is 1.63. The summed E-state index contributed by atoms with van der Waals surface area (Å²) in [7, 11) is 0. The Labute approximate surface area is 147 Å². The van der Waals surface area contributed by atoms with Crippen LogP contribution in [0.5, 0.6) is 0 Å². The standard InChI is InChI=1S/C18H14ClN3O3/c1-11-3-5-13(6-4-11)9-15-12(2)20-21(18(15)23)17-10-14(22(24)25)7-8-16(17)19/h3-10,20H,2H2,1H3. The summed E-state index contributed by atoms with van der Waals surface area (Å²) < 4.78 is 1.16. The van der Waals surface area contributed by atoms with Crippen molar-refractivity contribution in [3.05, 3.63) is 89.7 Å². The van der Waals surface area contributed by atoms with Crippen molar-refractivity contribution in [2.75, 3.05) is 0 Å². The number of hydrogen-bond donors (Lipinski definition) is 1. The molecule has 0 bridgehead atoms. The number of H-pyrrole nitrogens is 1. The van der Waals surface area contributed by atoms with Crippen LogP contribution < -0.4 is 16.1 Å². The van der Waals surface area contributed by atoms with Crippen LogP contribution in [0.3, 0.4) is 0 Å². The normalized spacial score (nSPS) is 11.7. The predicted molar refractivity (Wildman–Crippen MR) is 97.6 cm³/mol. The minimum Gasteiger partial charge on any atom is -0.291 e. The van der Waals surface area contributed by atoms with Gasteiger partial charge in [0.25, 0.3) is 11.2 Å². The van der Waals surface area contributed by atoms with Gasteiger partial charge in [0, 0.05) is 12.1 Å². The van der Waals surface area contributed by atoms with Crippen LogP contribution in [0.4, 0.5) is 5.69 Å². The van der Waals surface area contributed by atoms with Gasteiger partial charge in [-0.15, -0.1) is 0 Å². The molecule has 7 heteroatoms. The van der Waals surface area contributed by atoms with Crippen LogP contribution in [0, 0.1) is 17.0 Å². The number of aromatic amines is 1. The van der Waals surface area contributed by atoms with E-state index in [-0.39, 0.29) is 22.0 Å². The zero-order valence-corrected chi connectivity index (χ0v) is 14.1. The fraction of sp³-hybridized carbons (Fsp3) is 0.0556. The Balaban J connectivity index is 2.20. The molecule has 0 saturated heterocycles. The monoisotopic (exact) mass is 355 g/mol. The van der Waals surface area contributed by atoms with Gasteiger partial charge in [0.15, 0.2) is 0 Å². The summed E-state index contributed by atoms with van der Waals surface area (Å²) in [5, 5.41) is 14.8. The molecule has 25 heavy (non-hydrogen) atoms. The van der Waals surface area contributed by atoms with Gasteiger partial charge in [-0.25, -0.2) is 4.68 Å². The minimum atomic E-state index is -0.543. The van der Waals surface area contributed by atoms with Gasteiger partial charge in [-0.3, -0.25) is 20.0 Å². The van der Waals surface area contributed by atoms with Crippen molar-refractivity contribution in [2.45, 2.75) is 6.92 Å². The lowest BCUT2D eigenvalue weighted by atomic mass is 10.1. The Morgan fingerprint density at radius 3 is 2.56 bits per heavy atom. The fourth-order valence-corrected chi connectivity index (χ4v) is 2.63. The maximum Gasteiger partial charge on any atom is 0.279 e. The molecule has 0 atom stereocenters. The number of nitro benzene ring substituents is 1. The fourth-order valence-electron chi connectivity index (χ4n) is 2.43. The molecule has 0 fully saturated rings. The second-order valence-corrected chi connectivity index (χ2v) is 6.00. The molecular formula is C18H14ClN3O3. The molecule has 0 aliphatic carbocycles. The van der Waals surface area contributed by atoms with Crippen LogP contribution in [0.25, 0.3) is 18.3 Å². The van der Waals surface area contributed by atoms with E-state index in [1.807, 2.05) is 31.2 Å². The maximum atomic E-state index is 12.7. The Morgan fingerprint density at radius 1 is 1.24 bits per heavy atom. The van der Waals surface area contributed by atoms with E-state index in [2.05, 4.69) is 11.7 Å². The summed E-state index contributed by atoms with van der Waals surface area (Å²) in [6, 6.07) is 11.6. The lowest BCUT2D eigenvalue weighted by Crippen LogP contribution is -2.34. The van der Waals surface area contributed by atoms with Crippen molar-refractivity contribution >= 4 is 29.9 Å². The van der Waals surface area contributed by atoms with Gasteiger partial charge in [-0.05, 0) is 24.6 Å². The second kappa shape index (κ2) is 6.41. The molecule has 0 aliphatic heterocycles. The van der Waals surface area contributed by atoms with E-state index in [0.717, 1.165) is 15.8 Å². The smallest absolute Gasteiger partial charge is 0.279 e. The highest BCUT2D eigenvalue weighted by Gasteiger charge is 2.14. The van der Waals surface area contributed by atoms with E-state index >= 15 is 0 Å². The lowest BCUT2D eigenvalue weighted by Gasteiger charge is -2.03. The van der Waals surface area contributed by atoms with Gasteiger partial charge in [-0.1, -0.05) is 48.0 Å². The summed E-state index contributed by atoms with van der Waals surface area (Å²) in [6.07, 6.45) is 1.71. The molecule has 0 aliphatic rings. The largest absolute Gasteiger partial charge is 0.291 e. The first-order valence-corrected chi connectivity index (χ1v) is 7.77. The Morgan fingerprint density at radius 2 is 1.92 bits per heavy atom. The number of halogens is 1. The van der Waals surface area contributed by atoms with Crippen molar-refractivity contribution in [3.8, 4) is 5.69 Å². The molecule has 1 heterocycles. The molecule has 0 saturated carbocycles. The third-order valence-electron chi connectivity index (χ3n) is 3.78. The molecule has 2 aromatic carbocycles. The number of hydrogen-bond acceptors (Lipinski definition) is 3. The van der Waals surface area contributed by atoms with Crippen LogP contribution in [-0.4, -0.2) is 14.7 Å². The molecule has 0 spiro atoms. The Hall–Kier alpha value is -3.12. The molecular weight excluding hydrogens is 342 g/mol. The number of aryl methyl sites for hydroxylation is 1. The van der Waals surface area contributed by atoms with Crippen LogP contribution in [-0.2, 0) is 0 Å². The number of nitro groups is 1. The highest BCUT2D eigenvalue weighted by Crippen LogP contribution is 2.23. The van der Waals surface area contributed by atoms with E-state index in [4.69, 9.17) is 11.6 Å². The van der Waals surface area contributed by atoms with Crippen molar-refractivity contribution < 1.29 is 4.92 Å². The number of nitrogens with one attached hydrogen (secondary N) is 1. The number of non-ortho nitro benzene ring substituents is 1. The highest BCUT2D eigenvalue weighted by atomic mass is 35.5. The lowest BCUT2D eigenvalue weighted by molar-refractivity contribution is -0.384. The summed E-state index contributed by atoms with van der Waals surface area (Å²) in [5.74, 6) is 0. The first-order chi connectivity index (χ1) is 11.9. The molecule has 126 valence electrons. The first-order valence-electron chi connectivity index (χ1n) is 7.39. The number of aromatic nitrogens is 2. The summed E-state index contributed by atoms with van der Waals surface area (Å²) >= 11 is 6.11. The molecule has 1 N–H and O–H groups in total. The maximum absolute atomic E-state index is 12.7. The second-order valence-electron chi connectivity index (χ2n) is 5.59. The zero-order valence-electron chi connectivity index (χ0n) is 13.3. The molecule has 0 unspecified atom stereocenters. The molecule has 0 amide bonds. The van der Waals surface area contributed by atoms with Gasteiger partial charge in [0.1, 0.15) is 0 Å². The van der Waals surface area contributed by atoms with Crippen molar-refractivity contribution in [1.29, 1.82) is 0 Å². The van der Waals surface area contributed by atoms with E-state index in [1.165, 1.54) is 18.2 Å². The van der Waals surface area contributed by atoms with Gasteiger partial charge in [0.2, 0.25) is 0 Å². The topological polar surface area (TPSA) is 80.9 Å². The van der Waals surface area contributed by atoms with Crippen molar-refractivity contribution in [1.82, 2.24) is 9.78 Å². The van der Waals surface area contributed by atoms with E-state index in [9.17, 15) is 14.9 Å². The molecule has 3 rings (SSSR count). The molecule has 6 nitrogen and oxygen atoms in total. The SMILES string of the molecule is C=c1[nH]n(-c2cc([N+](=O)[O-])ccc2Cl)c(=O)c1=Cc1ccc(C)cc1. The van der Waals surface area contributed by atoms with Crippen molar-refractivity contribution in [2.24, 2.45) is 0 Å². The van der Waals surface area contributed by atoms with Crippen molar-refractivity contribution in [3.63, 3.8) is 0 Å². The highest BCUT2D eigenvalue weighted by molar-refractivity contribution is 6.32. The van der Waals surface area contributed by atoms with Gasteiger partial charge in [0.05, 0.1) is 26.2 Å². The van der Waals surface area contributed by atoms with Gasteiger partial charge in [-0.2, -0.15) is 0 Å². The first kappa shape index (κ1) is 16.7. The molecule has 3 aromatic rings. The summed E-state index contributed by atoms with van der Waals surface area (Å²) in [4.78, 5) is 23.2. The quantitative estimate of drug-likeness (QED) is 0.578. The third-order valence-corrected chi connectivity index (χ3v) is 4.09. The Bertz CT molecular complexity index is 1130.